The number of nitriles is 1. The number of alkyl halides is 3. The summed E-state index contributed by atoms with van der Waals surface area (Å²) in [7, 11) is 0. The number of carbonyl (C=O) groups excluding carboxylic acids is 2. The first-order chi connectivity index (χ1) is 25.6. The third-order valence-electron chi connectivity index (χ3n) is 8.74. The van der Waals surface area contributed by atoms with E-state index in [9.17, 15) is 27.2 Å². The number of aromatic nitrogens is 4. The van der Waals surface area contributed by atoms with Crippen LogP contribution in [-0.4, -0.2) is 39.4 Å². The van der Waals surface area contributed by atoms with Crippen LogP contribution in [0.5, 0.6) is 5.75 Å². The van der Waals surface area contributed by atoms with Crippen LogP contribution in [0.2, 0.25) is 0 Å². The minimum atomic E-state index is -5.45. The van der Waals surface area contributed by atoms with Gasteiger partial charge >= 0.3 is 18.1 Å². The number of carbonyl (C=O) groups is 2. The molecule has 0 fully saturated rings. The summed E-state index contributed by atoms with van der Waals surface area (Å²) < 4.78 is 85.2. The molecule has 16 heteroatoms. The van der Waals surface area contributed by atoms with Crippen molar-refractivity contribution in [3.8, 4) is 23.1 Å². The highest BCUT2D eigenvalue weighted by molar-refractivity contribution is 7.09. The van der Waals surface area contributed by atoms with Crippen molar-refractivity contribution in [3.05, 3.63) is 117 Å². The number of ether oxygens (including phenoxy) is 2. The summed E-state index contributed by atoms with van der Waals surface area (Å²) in [5, 5.41) is 15.6. The molecule has 5 aromatic rings. The third-order valence-corrected chi connectivity index (χ3v) is 9.62. The largest absolute Gasteiger partial charge is 0.490 e. The summed E-state index contributed by atoms with van der Waals surface area (Å²) in [5.74, 6) is -5.82. The molecule has 2 atom stereocenters. The predicted octanol–water partition coefficient (Wildman–Crippen LogP) is 6.63. The molecule has 3 aromatic carbocycles. The monoisotopic (exact) mass is 767 g/mol. The van der Waals surface area contributed by atoms with Gasteiger partial charge in [0.05, 0.1) is 28.9 Å². The fraction of sp³-hybridized carbons (Fsp3) is 0.316. The van der Waals surface area contributed by atoms with E-state index >= 15 is 4.39 Å². The van der Waals surface area contributed by atoms with Gasteiger partial charge in [0.15, 0.2) is 5.60 Å². The highest BCUT2D eigenvalue weighted by Gasteiger charge is 2.52. The van der Waals surface area contributed by atoms with Gasteiger partial charge in [0, 0.05) is 46.4 Å². The van der Waals surface area contributed by atoms with E-state index < -0.39 is 53.4 Å². The first kappa shape index (κ1) is 39.7. The van der Waals surface area contributed by atoms with E-state index in [-0.39, 0.29) is 19.4 Å². The molecule has 0 aliphatic carbocycles. The van der Waals surface area contributed by atoms with Gasteiger partial charge in [0.25, 0.3) is 6.33 Å². The molecule has 0 aliphatic rings. The van der Waals surface area contributed by atoms with E-state index in [1.54, 1.807) is 48.1 Å². The van der Waals surface area contributed by atoms with Crippen molar-refractivity contribution in [2.45, 2.75) is 64.9 Å². The Bertz CT molecular complexity index is 2160. The van der Waals surface area contributed by atoms with Crippen LogP contribution in [0.25, 0.3) is 11.3 Å². The summed E-state index contributed by atoms with van der Waals surface area (Å²) in [4.78, 5) is 29.5. The van der Waals surface area contributed by atoms with Crippen LogP contribution < -0.4 is 15.0 Å². The van der Waals surface area contributed by atoms with Gasteiger partial charge in [-0.1, -0.05) is 19.1 Å². The van der Waals surface area contributed by atoms with Crippen molar-refractivity contribution >= 4 is 23.3 Å². The van der Waals surface area contributed by atoms with Gasteiger partial charge in [0.1, 0.15) is 23.9 Å². The number of hydrogen-bond acceptors (Lipinski definition) is 9. The highest BCUT2D eigenvalue weighted by atomic mass is 32.1. The Morgan fingerprint density at radius 1 is 1.07 bits per heavy atom. The number of esters is 2. The molecule has 5 rings (SSSR count). The molecule has 10 nitrogen and oxygen atoms in total. The van der Waals surface area contributed by atoms with E-state index in [1.807, 2.05) is 18.2 Å². The molecule has 2 unspecified atom stereocenters. The Morgan fingerprint density at radius 3 is 2.41 bits per heavy atom. The van der Waals surface area contributed by atoms with Crippen molar-refractivity contribution < 1.29 is 45.6 Å². The molecule has 2 aromatic heterocycles. The third kappa shape index (κ3) is 9.33. The van der Waals surface area contributed by atoms with Gasteiger partial charge in [-0.2, -0.15) is 18.4 Å². The maximum atomic E-state index is 15.7. The fourth-order valence-electron chi connectivity index (χ4n) is 6.11. The smallest absolute Gasteiger partial charge is 0.444 e. The van der Waals surface area contributed by atoms with Crippen LogP contribution in [0.4, 0.5) is 22.0 Å². The van der Waals surface area contributed by atoms with Crippen molar-refractivity contribution in [2.75, 3.05) is 6.54 Å². The average Bonchev–Trinajstić information content (AvgIpc) is 3.77. The minimum Gasteiger partial charge on any atom is -0.444 e. The van der Waals surface area contributed by atoms with Crippen molar-refractivity contribution in [1.29, 1.82) is 5.26 Å². The maximum absolute atomic E-state index is 15.7. The summed E-state index contributed by atoms with van der Waals surface area (Å²) in [5.41, 5.74) is 6.49. The van der Waals surface area contributed by atoms with E-state index in [0.717, 1.165) is 17.7 Å². The Balaban J connectivity index is 1.49. The fourth-order valence-corrected chi connectivity index (χ4v) is 7.05. The molecule has 0 aliphatic heterocycles. The van der Waals surface area contributed by atoms with Crippen LogP contribution in [0.3, 0.4) is 0 Å². The summed E-state index contributed by atoms with van der Waals surface area (Å²) in [6.07, 6.45) is -2.00. The zero-order chi connectivity index (χ0) is 39.2. The molecular formula is C38H36F5N6O4S+. The quantitative estimate of drug-likeness (QED) is 0.0576. The second-order valence-electron chi connectivity index (χ2n) is 12.9. The molecule has 0 saturated heterocycles. The Hall–Kier alpha value is -5.53. The van der Waals surface area contributed by atoms with E-state index in [4.69, 9.17) is 20.5 Å². The lowest BCUT2D eigenvalue weighted by molar-refractivity contribution is -0.689. The Kier molecular flexibility index (Phi) is 12.2. The Labute approximate surface area is 311 Å². The second-order valence-corrected chi connectivity index (χ2v) is 13.8. The van der Waals surface area contributed by atoms with Crippen molar-refractivity contribution in [3.63, 3.8) is 0 Å². The van der Waals surface area contributed by atoms with Crippen LogP contribution in [-0.2, 0) is 39.4 Å². The van der Waals surface area contributed by atoms with Crippen molar-refractivity contribution in [2.24, 2.45) is 11.7 Å². The normalized spacial score (nSPS) is 13.2. The first-order valence-corrected chi connectivity index (χ1v) is 17.6. The van der Waals surface area contributed by atoms with Gasteiger partial charge in [-0.05, 0) is 79.9 Å². The van der Waals surface area contributed by atoms with E-state index in [1.165, 1.54) is 35.6 Å². The van der Waals surface area contributed by atoms with E-state index in [0.29, 0.717) is 57.7 Å². The number of halogens is 5. The number of nitrogens with two attached hydrogens (primary N) is 1. The second kappa shape index (κ2) is 16.6. The zero-order valence-electron chi connectivity index (χ0n) is 29.5. The Morgan fingerprint density at radius 2 is 1.78 bits per heavy atom. The summed E-state index contributed by atoms with van der Waals surface area (Å²) in [6, 6.07) is 14.6. The number of aryl methyl sites for hydroxylation is 2. The van der Waals surface area contributed by atoms with Crippen LogP contribution in [0, 0.1) is 42.7 Å². The molecule has 0 saturated carbocycles. The standard InChI is InChI=1S/C38H36F5N6O4S/c1-23-13-27(14-24(2)35(23)52-34(50)5-4-12-44)18-48-21-46-49(22-48)20-37(53-36(51)38(41,42)43,30-11-10-29(39)16-31(30)40)25(3)15-33-47-32(19-54-33)28-8-6-26(17-45)7-9-28/h6-11,13-14,16,19,21-22,25H,4-5,12,15,18,20,44H2,1-3H3/q+1. The maximum Gasteiger partial charge on any atom is 0.490 e. The number of benzene rings is 3. The highest BCUT2D eigenvalue weighted by Crippen LogP contribution is 2.41. The lowest BCUT2D eigenvalue weighted by Gasteiger charge is -2.37. The summed E-state index contributed by atoms with van der Waals surface area (Å²) in [6.45, 7) is 5.06. The predicted molar refractivity (Wildman–Crippen MR) is 187 cm³/mol. The molecule has 0 amide bonds. The molecule has 2 heterocycles. The van der Waals surface area contributed by atoms with Crippen LogP contribution in [0.15, 0.2) is 72.6 Å². The van der Waals surface area contributed by atoms with E-state index in [2.05, 4.69) is 10.1 Å². The molecular weight excluding hydrogens is 732 g/mol. The number of thiazole rings is 1. The zero-order valence-corrected chi connectivity index (χ0v) is 30.3. The SMILES string of the molecule is Cc1cc(C[n+]2cnn(CC(OC(=O)C(F)(F)F)(c3ccc(F)cc3F)C(C)Cc3nc(-c4ccc(C#N)cc4)cs3)c2)cc(C)c1OC(=O)CCCN. The number of rotatable bonds is 14. The molecule has 54 heavy (non-hydrogen) atoms. The van der Waals surface area contributed by atoms with Crippen molar-refractivity contribution in [1.82, 2.24) is 14.8 Å². The van der Waals surface area contributed by atoms with Gasteiger partial charge in [-0.25, -0.2) is 23.1 Å². The topological polar surface area (TPSA) is 137 Å². The summed E-state index contributed by atoms with van der Waals surface area (Å²) >= 11 is 1.19. The van der Waals surface area contributed by atoms with Crippen LogP contribution in [0.1, 0.15) is 52.6 Å². The molecule has 282 valence electrons. The lowest BCUT2D eigenvalue weighted by atomic mass is 9.79. The number of hydrogen-bond donors (Lipinski definition) is 1. The van der Waals surface area contributed by atoms with Crippen LogP contribution >= 0.6 is 11.3 Å². The lowest BCUT2D eigenvalue weighted by Crippen LogP contribution is -2.47. The van der Waals surface area contributed by atoms with Gasteiger partial charge < -0.3 is 15.2 Å². The average molecular weight is 768 g/mol. The van der Waals surface area contributed by atoms with Gasteiger partial charge in [-0.15, -0.1) is 16.0 Å². The molecule has 0 radical (unpaired) electrons. The number of nitrogens with zero attached hydrogens (tertiary/aromatic N) is 5. The van der Waals surface area contributed by atoms with Gasteiger partial charge in [0.2, 0.25) is 6.33 Å². The van der Waals surface area contributed by atoms with Gasteiger partial charge in [-0.3, -0.25) is 4.79 Å². The first-order valence-electron chi connectivity index (χ1n) is 16.7. The minimum absolute atomic E-state index is 0.0775. The molecule has 2 N–H and O–H groups in total. The molecule has 0 spiro atoms. The molecule has 0 bridgehead atoms.